The van der Waals surface area contributed by atoms with Crippen molar-refractivity contribution < 1.29 is 23.1 Å². The highest BCUT2D eigenvalue weighted by Gasteiger charge is 2.23. The van der Waals surface area contributed by atoms with Crippen molar-refractivity contribution in [1.82, 2.24) is 5.32 Å². The maximum absolute atomic E-state index is 11.0. The zero-order valence-electron chi connectivity index (χ0n) is 9.89. The van der Waals surface area contributed by atoms with Gasteiger partial charge >= 0.3 is 5.97 Å². The Kier molecular flexibility index (Phi) is 5.35. The Hall–Kier alpha value is -0.660. The van der Waals surface area contributed by atoms with E-state index in [0.717, 1.165) is 25.7 Å². The minimum atomic E-state index is -3.27. The minimum absolute atomic E-state index is 0.127. The molecule has 1 heterocycles. The molecule has 6 nitrogen and oxygen atoms in total. The number of carboxylic acid groups (broad SMARTS) is 1. The van der Waals surface area contributed by atoms with Crippen molar-refractivity contribution in [3.8, 4) is 0 Å². The van der Waals surface area contributed by atoms with E-state index in [2.05, 4.69) is 5.32 Å². The first-order chi connectivity index (χ1) is 7.88. The van der Waals surface area contributed by atoms with Crippen molar-refractivity contribution in [1.29, 1.82) is 0 Å². The summed E-state index contributed by atoms with van der Waals surface area (Å²) in [5, 5.41) is 11.9. The number of ether oxygens (including phenoxy) is 1. The van der Waals surface area contributed by atoms with E-state index in [-0.39, 0.29) is 18.4 Å². The highest BCUT2D eigenvalue weighted by atomic mass is 32.2. The summed E-state index contributed by atoms with van der Waals surface area (Å²) in [6.45, 7) is 1.48. The molecule has 2 N–H and O–H groups in total. The third kappa shape index (κ3) is 5.99. The van der Waals surface area contributed by atoms with Crippen LogP contribution < -0.4 is 5.32 Å². The van der Waals surface area contributed by atoms with Gasteiger partial charge in [0.05, 0.1) is 17.8 Å². The summed E-state index contributed by atoms with van der Waals surface area (Å²) in [4.78, 5) is 10.9. The molecular weight excluding hydrogens is 246 g/mol. The molecule has 0 spiro atoms. The lowest BCUT2D eigenvalue weighted by molar-refractivity contribution is -0.140. The Morgan fingerprint density at radius 2 is 2.29 bits per heavy atom. The van der Waals surface area contributed by atoms with E-state index in [1.807, 2.05) is 0 Å². The molecule has 1 rings (SSSR count). The number of nitrogens with one attached hydrogen (secondary N) is 1. The van der Waals surface area contributed by atoms with Gasteiger partial charge in [0.2, 0.25) is 0 Å². The number of carboxylic acids is 1. The molecule has 1 saturated heterocycles. The standard InChI is InChI=1S/C10H19NO5S/c1-17(14,15)7-8(10(12)13)5-11-6-9-3-2-4-16-9/h8-9,11H,2-7H2,1H3,(H,12,13). The van der Waals surface area contributed by atoms with Crippen LogP contribution in [0.4, 0.5) is 0 Å². The molecule has 2 unspecified atom stereocenters. The molecule has 0 aliphatic carbocycles. The molecule has 7 heteroatoms. The second-order valence-electron chi connectivity index (χ2n) is 4.42. The molecule has 0 radical (unpaired) electrons. The molecule has 17 heavy (non-hydrogen) atoms. The monoisotopic (exact) mass is 265 g/mol. The molecule has 1 aliphatic rings. The van der Waals surface area contributed by atoms with Gasteiger partial charge in [0.1, 0.15) is 9.84 Å². The molecule has 2 atom stereocenters. The first-order valence-electron chi connectivity index (χ1n) is 5.61. The van der Waals surface area contributed by atoms with Crippen molar-refractivity contribution in [2.24, 2.45) is 5.92 Å². The third-order valence-electron chi connectivity index (χ3n) is 2.64. The maximum Gasteiger partial charge on any atom is 0.308 e. The molecular formula is C10H19NO5S. The second-order valence-corrected chi connectivity index (χ2v) is 6.61. The van der Waals surface area contributed by atoms with E-state index in [9.17, 15) is 13.2 Å². The van der Waals surface area contributed by atoms with Crippen molar-refractivity contribution in [2.75, 3.05) is 31.7 Å². The zero-order chi connectivity index (χ0) is 12.9. The summed E-state index contributed by atoms with van der Waals surface area (Å²) in [5.74, 6) is -2.32. The quantitative estimate of drug-likeness (QED) is 0.644. The predicted octanol–water partition coefficient (Wildman–Crippen LogP) is -0.500. The van der Waals surface area contributed by atoms with Gasteiger partial charge in [-0.1, -0.05) is 0 Å². The van der Waals surface area contributed by atoms with E-state index >= 15 is 0 Å². The van der Waals surface area contributed by atoms with Gasteiger partial charge in [0, 0.05) is 26.0 Å². The molecule has 1 fully saturated rings. The largest absolute Gasteiger partial charge is 0.481 e. The Morgan fingerprint density at radius 3 is 2.76 bits per heavy atom. The SMILES string of the molecule is CS(=O)(=O)CC(CNCC1CCCO1)C(=O)O. The first-order valence-corrected chi connectivity index (χ1v) is 7.67. The number of sulfone groups is 1. The Balaban J connectivity index is 2.31. The molecule has 1 aliphatic heterocycles. The average molecular weight is 265 g/mol. The van der Waals surface area contributed by atoms with E-state index in [0.29, 0.717) is 6.54 Å². The Bertz CT molecular complexity index is 348. The molecule has 100 valence electrons. The summed E-state index contributed by atoms with van der Waals surface area (Å²) in [6, 6.07) is 0. The summed E-state index contributed by atoms with van der Waals surface area (Å²) in [6.07, 6.45) is 3.17. The van der Waals surface area contributed by atoms with E-state index in [1.54, 1.807) is 0 Å². The summed E-state index contributed by atoms with van der Waals surface area (Å²) in [5.41, 5.74) is 0. The maximum atomic E-state index is 11.0. The van der Waals surface area contributed by atoms with Crippen LogP contribution in [0, 0.1) is 5.92 Å². The van der Waals surface area contributed by atoms with Crippen LogP contribution in [0.1, 0.15) is 12.8 Å². The fourth-order valence-electron chi connectivity index (χ4n) is 1.81. The number of hydrogen-bond acceptors (Lipinski definition) is 5. The molecule has 0 bridgehead atoms. The minimum Gasteiger partial charge on any atom is -0.481 e. The van der Waals surface area contributed by atoms with Crippen LogP contribution in [0.3, 0.4) is 0 Å². The summed E-state index contributed by atoms with van der Waals surface area (Å²) < 4.78 is 27.5. The Labute approximate surface area is 101 Å². The first kappa shape index (κ1) is 14.4. The fraction of sp³-hybridized carbons (Fsp3) is 0.900. The molecule has 0 amide bonds. The lowest BCUT2D eigenvalue weighted by atomic mass is 10.2. The van der Waals surface area contributed by atoms with Crippen LogP contribution in [-0.2, 0) is 19.4 Å². The number of rotatable bonds is 7. The van der Waals surface area contributed by atoms with E-state index < -0.39 is 21.7 Å². The van der Waals surface area contributed by atoms with Crippen molar-refractivity contribution in [3.05, 3.63) is 0 Å². The van der Waals surface area contributed by atoms with Gasteiger partial charge in [-0.15, -0.1) is 0 Å². The van der Waals surface area contributed by atoms with E-state index in [1.165, 1.54) is 0 Å². The van der Waals surface area contributed by atoms with E-state index in [4.69, 9.17) is 9.84 Å². The van der Waals surface area contributed by atoms with Crippen molar-refractivity contribution in [2.45, 2.75) is 18.9 Å². The van der Waals surface area contributed by atoms with Crippen molar-refractivity contribution in [3.63, 3.8) is 0 Å². The van der Waals surface area contributed by atoms with Crippen LogP contribution in [0.5, 0.6) is 0 Å². The smallest absolute Gasteiger partial charge is 0.308 e. The van der Waals surface area contributed by atoms with Crippen LogP contribution in [0.2, 0.25) is 0 Å². The van der Waals surface area contributed by atoms with Gasteiger partial charge in [-0.2, -0.15) is 0 Å². The van der Waals surface area contributed by atoms with Gasteiger partial charge < -0.3 is 15.2 Å². The second kappa shape index (κ2) is 6.32. The van der Waals surface area contributed by atoms with Gasteiger partial charge in [-0.3, -0.25) is 4.79 Å². The van der Waals surface area contributed by atoms with Crippen LogP contribution in [0.15, 0.2) is 0 Å². The lowest BCUT2D eigenvalue weighted by Gasteiger charge is -2.14. The van der Waals surface area contributed by atoms with Gasteiger partial charge in [-0.05, 0) is 12.8 Å². The van der Waals surface area contributed by atoms with Crippen molar-refractivity contribution >= 4 is 15.8 Å². The summed E-state index contributed by atoms with van der Waals surface area (Å²) in [7, 11) is -3.27. The normalized spacial score (nSPS) is 22.5. The molecule has 0 aromatic carbocycles. The van der Waals surface area contributed by atoms with Crippen LogP contribution in [0.25, 0.3) is 0 Å². The lowest BCUT2D eigenvalue weighted by Crippen LogP contribution is -2.36. The summed E-state index contributed by atoms with van der Waals surface area (Å²) >= 11 is 0. The number of hydrogen-bond donors (Lipinski definition) is 2. The van der Waals surface area contributed by atoms with Crippen LogP contribution >= 0.6 is 0 Å². The predicted molar refractivity (Wildman–Crippen MR) is 62.7 cm³/mol. The highest BCUT2D eigenvalue weighted by molar-refractivity contribution is 7.90. The fourth-order valence-corrected chi connectivity index (χ4v) is 2.80. The number of aliphatic carboxylic acids is 1. The van der Waals surface area contributed by atoms with Gasteiger partial charge in [0.15, 0.2) is 0 Å². The molecule has 0 aromatic rings. The molecule has 0 aromatic heterocycles. The topological polar surface area (TPSA) is 92.7 Å². The third-order valence-corrected chi connectivity index (χ3v) is 3.65. The van der Waals surface area contributed by atoms with Crippen LogP contribution in [-0.4, -0.2) is 57.3 Å². The number of carbonyl (C=O) groups is 1. The molecule has 0 saturated carbocycles. The zero-order valence-corrected chi connectivity index (χ0v) is 10.7. The van der Waals surface area contributed by atoms with Gasteiger partial charge in [-0.25, -0.2) is 8.42 Å². The van der Waals surface area contributed by atoms with Gasteiger partial charge in [0.25, 0.3) is 0 Å². The average Bonchev–Trinajstić information content (AvgIpc) is 2.67. The Morgan fingerprint density at radius 1 is 1.59 bits per heavy atom. The highest BCUT2D eigenvalue weighted by Crippen LogP contribution is 2.10.